The molecule has 0 spiro atoms. The maximum atomic E-state index is 10.8. The van der Waals surface area contributed by atoms with Crippen molar-refractivity contribution in [3.63, 3.8) is 0 Å². The lowest BCUT2D eigenvalue weighted by Gasteiger charge is -2.03. The molecular weight excluding hydrogens is 200 g/mol. The van der Waals surface area contributed by atoms with Gasteiger partial charge >= 0.3 is 5.97 Å². The Labute approximate surface area is 67.1 Å². The van der Waals surface area contributed by atoms with Crippen LogP contribution in [0.5, 0.6) is 0 Å². The van der Waals surface area contributed by atoms with E-state index in [1.807, 2.05) is 0 Å². The first kappa shape index (κ1) is 7.60. The fraction of sp³-hybridized carbons (Fsp3) is 0.500. The monoisotopic (exact) mass is 206 g/mol. The Morgan fingerprint density at radius 1 is 1.70 bits per heavy atom. The van der Waals surface area contributed by atoms with Crippen LogP contribution in [0, 0.1) is 0 Å². The van der Waals surface area contributed by atoms with Crippen molar-refractivity contribution in [1.82, 2.24) is 0 Å². The summed E-state index contributed by atoms with van der Waals surface area (Å²) in [4.78, 5) is 10.8. The number of carbonyl (C=O) groups excluding carboxylic acids is 1. The van der Waals surface area contributed by atoms with Crippen LogP contribution in [0.4, 0.5) is 0 Å². The van der Waals surface area contributed by atoms with Crippen LogP contribution in [0.2, 0.25) is 0 Å². The maximum absolute atomic E-state index is 10.8. The van der Waals surface area contributed by atoms with Gasteiger partial charge in [0.1, 0.15) is 0 Å². The van der Waals surface area contributed by atoms with Gasteiger partial charge in [-0.15, -0.1) is 0 Å². The lowest BCUT2D eigenvalue weighted by molar-refractivity contribution is -0.137. The van der Waals surface area contributed by atoms with Gasteiger partial charge in [-0.1, -0.05) is 0 Å². The normalized spacial score (nSPS) is 25.1. The number of hydrogen-bond donors (Lipinski definition) is 0. The largest absolute Gasteiger partial charge is 0.496 e. The highest BCUT2D eigenvalue weighted by atomic mass is 79.9. The van der Waals surface area contributed by atoms with E-state index >= 15 is 0 Å². The van der Waals surface area contributed by atoms with E-state index in [-0.39, 0.29) is 5.97 Å². The number of ether oxygens (including phenoxy) is 2. The van der Waals surface area contributed by atoms with Crippen LogP contribution >= 0.6 is 15.9 Å². The summed E-state index contributed by atoms with van der Waals surface area (Å²) in [5.41, 5.74) is 0.532. The lowest BCUT2D eigenvalue weighted by atomic mass is 10.3. The van der Waals surface area contributed by atoms with Gasteiger partial charge in [0, 0.05) is 0 Å². The Bertz CT molecular complexity index is 197. The fourth-order valence-corrected chi connectivity index (χ4v) is 1.45. The van der Waals surface area contributed by atoms with E-state index < -0.39 is 5.01 Å². The van der Waals surface area contributed by atoms with Crippen LogP contribution < -0.4 is 0 Å². The van der Waals surface area contributed by atoms with Gasteiger partial charge < -0.3 is 9.47 Å². The van der Waals surface area contributed by atoms with Crippen molar-refractivity contribution in [2.75, 3.05) is 7.11 Å². The third-order valence-corrected chi connectivity index (χ3v) is 1.92. The van der Waals surface area contributed by atoms with Gasteiger partial charge in [0.05, 0.1) is 12.7 Å². The molecule has 0 aromatic heterocycles. The molecule has 1 atom stereocenters. The van der Waals surface area contributed by atoms with Gasteiger partial charge in [-0.2, -0.15) is 0 Å². The molecule has 3 nitrogen and oxygen atoms in total. The third-order valence-electron chi connectivity index (χ3n) is 1.31. The molecule has 0 saturated carbocycles. The van der Waals surface area contributed by atoms with E-state index in [1.54, 1.807) is 6.92 Å². The van der Waals surface area contributed by atoms with E-state index in [4.69, 9.17) is 9.47 Å². The summed E-state index contributed by atoms with van der Waals surface area (Å²) >= 11 is 3.12. The minimum atomic E-state index is -0.398. The summed E-state index contributed by atoms with van der Waals surface area (Å²) in [6, 6.07) is 0. The molecule has 56 valence electrons. The van der Waals surface area contributed by atoms with Crippen molar-refractivity contribution >= 4 is 21.9 Å². The van der Waals surface area contributed by atoms with E-state index in [0.29, 0.717) is 11.3 Å². The minimum Gasteiger partial charge on any atom is -0.496 e. The van der Waals surface area contributed by atoms with Crippen molar-refractivity contribution in [3.8, 4) is 0 Å². The number of alkyl halides is 1. The number of halogens is 1. The number of esters is 1. The highest BCUT2D eigenvalue weighted by Crippen LogP contribution is 2.26. The van der Waals surface area contributed by atoms with Crippen molar-refractivity contribution in [3.05, 3.63) is 11.3 Å². The zero-order valence-corrected chi connectivity index (χ0v) is 7.27. The molecule has 0 bridgehead atoms. The molecule has 0 amide bonds. The van der Waals surface area contributed by atoms with Gasteiger partial charge in [0.15, 0.2) is 5.76 Å². The van der Waals surface area contributed by atoms with Crippen LogP contribution in [0.25, 0.3) is 0 Å². The Kier molecular flexibility index (Phi) is 1.99. The van der Waals surface area contributed by atoms with Crippen LogP contribution in [0.1, 0.15) is 6.92 Å². The molecule has 1 aliphatic heterocycles. The second-order valence-corrected chi connectivity index (χ2v) is 2.75. The first-order valence-electron chi connectivity index (χ1n) is 2.76. The molecule has 0 N–H and O–H groups in total. The molecule has 1 rings (SSSR count). The number of hydrogen-bond acceptors (Lipinski definition) is 3. The lowest BCUT2D eigenvalue weighted by Crippen LogP contribution is -2.02. The highest BCUT2D eigenvalue weighted by molar-refractivity contribution is 9.09. The molecule has 10 heavy (non-hydrogen) atoms. The average Bonchev–Trinajstić information content (AvgIpc) is 2.09. The molecule has 4 heteroatoms. The number of methoxy groups -OCH3 is 1. The van der Waals surface area contributed by atoms with E-state index in [9.17, 15) is 4.79 Å². The van der Waals surface area contributed by atoms with Crippen LogP contribution in [-0.2, 0) is 14.3 Å². The number of rotatable bonds is 1. The summed E-state index contributed by atoms with van der Waals surface area (Å²) in [7, 11) is 1.51. The number of cyclic esters (lactones) is 1. The summed E-state index contributed by atoms with van der Waals surface area (Å²) in [6.45, 7) is 1.67. The molecule has 1 aliphatic rings. The first-order chi connectivity index (χ1) is 4.66. The summed E-state index contributed by atoms with van der Waals surface area (Å²) in [6.07, 6.45) is 0. The Morgan fingerprint density at radius 3 is 2.50 bits per heavy atom. The van der Waals surface area contributed by atoms with E-state index in [1.165, 1.54) is 7.11 Å². The molecule has 0 aromatic rings. The summed E-state index contributed by atoms with van der Waals surface area (Å²) < 4.78 is 9.65. The zero-order valence-electron chi connectivity index (χ0n) is 5.68. The molecule has 0 aromatic carbocycles. The SMILES string of the molecule is COC1=C(C)C(=O)OC1Br. The Balaban J connectivity index is 2.90. The molecular formula is C6H7BrO3. The standard InChI is InChI=1S/C6H7BrO3/c1-3-4(9-2)5(7)10-6(3)8/h5H,1-2H3. The smallest absolute Gasteiger partial charge is 0.338 e. The van der Waals surface area contributed by atoms with Gasteiger partial charge in [0.2, 0.25) is 5.01 Å². The minimum absolute atomic E-state index is 0.321. The summed E-state index contributed by atoms with van der Waals surface area (Å²) in [5, 5.41) is -0.398. The second kappa shape index (κ2) is 2.62. The average molecular weight is 207 g/mol. The molecule has 0 saturated heterocycles. The topological polar surface area (TPSA) is 35.5 Å². The van der Waals surface area contributed by atoms with Crippen LogP contribution in [0.3, 0.4) is 0 Å². The van der Waals surface area contributed by atoms with Gasteiger partial charge in [0.25, 0.3) is 0 Å². The highest BCUT2D eigenvalue weighted by Gasteiger charge is 2.30. The molecule has 1 unspecified atom stereocenters. The number of carbonyl (C=O) groups is 1. The zero-order chi connectivity index (χ0) is 7.72. The molecule has 0 radical (unpaired) electrons. The Hall–Kier alpha value is -0.510. The van der Waals surface area contributed by atoms with Crippen molar-refractivity contribution < 1.29 is 14.3 Å². The van der Waals surface area contributed by atoms with Gasteiger partial charge in [-0.25, -0.2) is 4.79 Å². The van der Waals surface area contributed by atoms with Crippen LogP contribution in [0.15, 0.2) is 11.3 Å². The molecule has 1 heterocycles. The third kappa shape index (κ3) is 1.03. The Morgan fingerprint density at radius 2 is 2.30 bits per heavy atom. The van der Waals surface area contributed by atoms with E-state index in [0.717, 1.165) is 0 Å². The van der Waals surface area contributed by atoms with Crippen LogP contribution in [-0.4, -0.2) is 18.1 Å². The fourth-order valence-electron chi connectivity index (χ4n) is 0.752. The predicted molar refractivity (Wildman–Crippen MR) is 38.5 cm³/mol. The predicted octanol–water partition coefficient (Wildman–Crippen LogP) is 1.18. The van der Waals surface area contributed by atoms with Crippen molar-refractivity contribution in [2.24, 2.45) is 0 Å². The van der Waals surface area contributed by atoms with Crippen molar-refractivity contribution in [2.45, 2.75) is 11.9 Å². The first-order valence-corrected chi connectivity index (χ1v) is 3.68. The quantitative estimate of drug-likeness (QED) is 0.478. The maximum Gasteiger partial charge on any atom is 0.338 e. The van der Waals surface area contributed by atoms with Gasteiger partial charge in [-0.3, -0.25) is 0 Å². The summed E-state index contributed by atoms with van der Waals surface area (Å²) in [5.74, 6) is 0.240. The van der Waals surface area contributed by atoms with E-state index in [2.05, 4.69) is 15.9 Å². The van der Waals surface area contributed by atoms with Gasteiger partial charge in [-0.05, 0) is 22.9 Å². The molecule has 0 fully saturated rings. The van der Waals surface area contributed by atoms with Crippen molar-refractivity contribution in [1.29, 1.82) is 0 Å². The second-order valence-electron chi connectivity index (χ2n) is 1.91. The molecule has 0 aliphatic carbocycles.